The van der Waals surface area contributed by atoms with Crippen LogP contribution in [0.3, 0.4) is 0 Å². The van der Waals surface area contributed by atoms with Crippen LogP contribution in [0.4, 0.5) is 0 Å². The summed E-state index contributed by atoms with van der Waals surface area (Å²) in [6, 6.07) is 0. The van der Waals surface area contributed by atoms with Crippen molar-refractivity contribution in [2.24, 2.45) is 0 Å². The van der Waals surface area contributed by atoms with E-state index in [-0.39, 0.29) is 25.4 Å². The molecule has 0 unspecified atom stereocenters. The molecule has 0 radical (unpaired) electrons. The zero-order valence-corrected chi connectivity index (χ0v) is 7.69. The lowest BCUT2D eigenvalue weighted by molar-refractivity contribution is -0.137. The highest BCUT2D eigenvalue weighted by molar-refractivity contribution is 5.77. The highest BCUT2D eigenvalue weighted by Gasteiger charge is 2.08. The summed E-state index contributed by atoms with van der Waals surface area (Å²) in [6.07, 6.45) is -0.00667. The number of carbonyl (C=O) groups is 2. The largest absolute Gasteiger partial charge is 0.481 e. The molecule has 0 heterocycles. The van der Waals surface area contributed by atoms with Crippen LogP contribution in [0.1, 0.15) is 13.3 Å². The number of aliphatic hydroxyl groups excluding tert-OH is 1. The van der Waals surface area contributed by atoms with Crippen molar-refractivity contribution in [2.75, 3.05) is 26.2 Å². The first kappa shape index (κ1) is 12.1. The van der Waals surface area contributed by atoms with Gasteiger partial charge in [-0.05, 0) is 6.92 Å². The Morgan fingerprint density at radius 1 is 1.31 bits per heavy atom. The molecule has 0 saturated heterocycles. The Bertz CT molecular complexity index is 181. The molecule has 0 aliphatic rings. The molecule has 2 N–H and O–H groups in total. The summed E-state index contributed by atoms with van der Waals surface area (Å²) in [7, 11) is 0. The summed E-state index contributed by atoms with van der Waals surface area (Å²) in [5.74, 6) is -0.926. The molecular weight excluding hydrogens is 174 g/mol. The van der Waals surface area contributed by atoms with E-state index in [4.69, 9.17) is 10.2 Å². The predicted octanol–water partition coefficient (Wildman–Crippen LogP) is -0.656. The second kappa shape index (κ2) is 6.56. The lowest BCUT2D eigenvalue weighted by Crippen LogP contribution is -2.33. The monoisotopic (exact) mass is 189 g/mol. The number of rotatable bonds is 7. The van der Waals surface area contributed by atoms with E-state index in [2.05, 4.69) is 0 Å². The van der Waals surface area contributed by atoms with Gasteiger partial charge in [0.05, 0.1) is 19.6 Å². The van der Waals surface area contributed by atoms with Gasteiger partial charge in [-0.15, -0.1) is 0 Å². The van der Waals surface area contributed by atoms with Crippen LogP contribution in [0.5, 0.6) is 0 Å². The Hall–Kier alpha value is -0.940. The summed E-state index contributed by atoms with van der Waals surface area (Å²) in [6.45, 7) is 2.22. The Balaban J connectivity index is 3.79. The highest BCUT2D eigenvalue weighted by Crippen LogP contribution is 1.91. The maximum Gasteiger partial charge on any atom is 0.304 e. The second-order valence-electron chi connectivity index (χ2n) is 2.85. The number of carboxylic acids is 1. The Morgan fingerprint density at radius 3 is 2.31 bits per heavy atom. The molecule has 0 amide bonds. The molecule has 0 bridgehead atoms. The average Bonchev–Trinajstić information content (AvgIpc) is 1.99. The van der Waals surface area contributed by atoms with Gasteiger partial charge in [-0.25, -0.2) is 0 Å². The fraction of sp³-hybridized carbons (Fsp3) is 0.750. The number of hydrogen-bond acceptors (Lipinski definition) is 4. The first-order valence-corrected chi connectivity index (χ1v) is 4.10. The summed E-state index contributed by atoms with van der Waals surface area (Å²) in [4.78, 5) is 22.5. The van der Waals surface area contributed by atoms with E-state index in [9.17, 15) is 9.59 Å². The molecule has 5 heteroatoms. The molecule has 0 aromatic rings. The van der Waals surface area contributed by atoms with Gasteiger partial charge >= 0.3 is 5.97 Å². The van der Waals surface area contributed by atoms with Crippen molar-refractivity contribution in [2.45, 2.75) is 13.3 Å². The highest BCUT2D eigenvalue weighted by atomic mass is 16.4. The number of carboxylic acid groups (broad SMARTS) is 1. The molecule has 0 aromatic heterocycles. The Labute approximate surface area is 77.0 Å². The zero-order valence-electron chi connectivity index (χ0n) is 7.69. The lowest BCUT2D eigenvalue weighted by atomic mass is 10.3. The summed E-state index contributed by atoms with van der Waals surface area (Å²) in [5.41, 5.74) is 0. The van der Waals surface area contributed by atoms with Gasteiger partial charge in [0.2, 0.25) is 0 Å². The lowest BCUT2D eigenvalue weighted by Gasteiger charge is -2.18. The van der Waals surface area contributed by atoms with Crippen molar-refractivity contribution in [3.8, 4) is 0 Å². The van der Waals surface area contributed by atoms with Crippen molar-refractivity contribution < 1.29 is 19.8 Å². The fourth-order valence-corrected chi connectivity index (χ4v) is 0.980. The third-order valence-corrected chi connectivity index (χ3v) is 1.50. The molecule has 5 nitrogen and oxygen atoms in total. The van der Waals surface area contributed by atoms with Crippen molar-refractivity contribution in [1.29, 1.82) is 0 Å². The van der Waals surface area contributed by atoms with E-state index in [1.54, 1.807) is 4.90 Å². The van der Waals surface area contributed by atoms with Gasteiger partial charge in [-0.3, -0.25) is 14.5 Å². The van der Waals surface area contributed by atoms with Crippen LogP contribution >= 0.6 is 0 Å². The van der Waals surface area contributed by atoms with E-state index in [0.29, 0.717) is 13.1 Å². The minimum absolute atomic E-state index is 0.00667. The van der Waals surface area contributed by atoms with Crippen LogP contribution in [-0.2, 0) is 9.59 Å². The van der Waals surface area contributed by atoms with Gasteiger partial charge in [0.25, 0.3) is 0 Å². The number of nitrogens with zero attached hydrogens (tertiary/aromatic N) is 1. The number of ketones is 1. The fourth-order valence-electron chi connectivity index (χ4n) is 0.980. The van der Waals surface area contributed by atoms with Crippen molar-refractivity contribution in [3.63, 3.8) is 0 Å². The quantitative estimate of drug-likeness (QED) is 0.556. The maximum absolute atomic E-state index is 10.7. The van der Waals surface area contributed by atoms with E-state index < -0.39 is 5.97 Å². The molecule has 0 aliphatic heterocycles. The smallest absolute Gasteiger partial charge is 0.304 e. The summed E-state index contributed by atoms with van der Waals surface area (Å²) < 4.78 is 0. The minimum atomic E-state index is -0.897. The van der Waals surface area contributed by atoms with Gasteiger partial charge in [-0.1, -0.05) is 0 Å². The molecular formula is C8H15NO4. The van der Waals surface area contributed by atoms with Crippen LogP contribution in [-0.4, -0.2) is 53.1 Å². The van der Waals surface area contributed by atoms with Crippen molar-refractivity contribution >= 4 is 11.8 Å². The zero-order chi connectivity index (χ0) is 10.3. The average molecular weight is 189 g/mol. The molecule has 0 saturated carbocycles. The summed E-state index contributed by atoms with van der Waals surface area (Å²) in [5, 5.41) is 17.0. The molecule has 0 aliphatic carbocycles. The minimum Gasteiger partial charge on any atom is -0.481 e. The number of aliphatic carboxylic acids is 1. The molecule has 0 rings (SSSR count). The van der Waals surface area contributed by atoms with Crippen LogP contribution in [0.15, 0.2) is 0 Å². The second-order valence-corrected chi connectivity index (χ2v) is 2.85. The van der Waals surface area contributed by atoms with Gasteiger partial charge in [0.15, 0.2) is 0 Å². The van der Waals surface area contributed by atoms with Gasteiger partial charge in [-0.2, -0.15) is 0 Å². The van der Waals surface area contributed by atoms with Crippen molar-refractivity contribution in [3.05, 3.63) is 0 Å². The molecule has 76 valence electrons. The molecule has 0 fully saturated rings. The number of aliphatic hydroxyl groups is 1. The molecule has 0 aromatic carbocycles. The Kier molecular flexibility index (Phi) is 6.09. The first-order valence-electron chi connectivity index (χ1n) is 4.10. The molecule has 0 atom stereocenters. The maximum atomic E-state index is 10.7. The number of carbonyl (C=O) groups excluding carboxylic acids is 1. The number of Topliss-reactive ketones (excluding diaryl/α,β-unsaturated/α-hetero) is 1. The van der Waals surface area contributed by atoms with E-state index in [0.717, 1.165) is 0 Å². The van der Waals surface area contributed by atoms with Crippen LogP contribution < -0.4 is 0 Å². The number of hydrogen-bond donors (Lipinski definition) is 2. The third kappa shape index (κ3) is 7.42. The van der Waals surface area contributed by atoms with E-state index in [1.165, 1.54) is 6.92 Å². The molecule has 0 spiro atoms. The van der Waals surface area contributed by atoms with Crippen LogP contribution in [0.25, 0.3) is 0 Å². The van der Waals surface area contributed by atoms with Gasteiger partial charge < -0.3 is 10.2 Å². The summed E-state index contributed by atoms with van der Waals surface area (Å²) >= 11 is 0. The van der Waals surface area contributed by atoms with Crippen LogP contribution in [0, 0.1) is 0 Å². The van der Waals surface area contributed by atoms with Gasteiger partial charge in [0, 0.05) is 13.1 Å². The first-order chi connectivity index (χ1) is 6.06. The standard InChI is InChI=1S/C8H15NO4/c1-7(11)6-9(4-5-10)3-2-8(12)13/h10H,2-6H2,1H3,(H,12,13). The van der Waals surface area contributed by atoms with Gasteiger partial charge in [0.1, 0.15) is 5.78 Å². The third-order valence-electron chi connectivity index (χ3n) is 1.50. The SMILES string of the molecule is CC(=O)CN(CCO)CCC(=O)O. The topological polar surface area (TPSA) is 77.8 Å². The predicted molar refractivity (Wildman–Crippen MR) is 46.5 cm³/mol. The van der Waals surface area contributed by atoms with E-state index >= 15 is 0 Å². The normalized spacial score (nSPS) is 10.4. The Morgan fingerprint density at radius 2 is 1.92 bits per heavy atom. The molecule has 13 heavy (non-hydrogen) atoms. The van der Waals surface area contributed by atoms with Crippen LogP contribution in [0.2, 0.25) is 0 Å². The van der Waals surface area contributed by atoms with E-state index in [1.807, 2.05) is 0 Å². The van der Waals surface area contributed by atoms with Crippen molar-refractivity contribution in [1.82, 2.24) is 4.90 Å².